The number of nitrogens with one attached hydrogen (secondary N) is 1. The third kappa shape index (κ3) is 4.92. The molecule has 0 unspecified atom stereocenters. The van der Waals surface area contributed by atoms with Gasteiger partial charge in [-0.3, -0.25) is 4.79 Å². The topological polar surface area (TPSA) is 66.5 Å². The average molecular weight is 423 g/mol. The summed E-state index contributed by atoms with van der Waals surface area (Å²) < 4.78 is 40.6. The molecule has 0 aromatic heterocycles. The average Bonchev–Trinajstić information content (AvgIpc) is 2.68. The van der Waals surface area contributed by atoms with E-state index in [4.69, 9.17) is 0 Å². The number of carbonyl (C=O) groups is 1. The first-order valence-corrected chi connectivity index (χ1v) is 11.8. The molecule has 0 bridgehead atoms. The van der Waals surface area contributed by atoms with Crippen molar-refractivity contribution in [3.63, 3.8) is 0 Å². The van der Waals surface area contributed by atoms with Gasteiger partial charge in [-0.25, -0.2) is 12.8 Å². The van der Waals surface area contributed by atoms with Crippen molar-refractivity contribution in [2.75, 3.05) is 18.1 Å². The van der Waals surface area contributed by atoms with Crippen molar-refractivity contribution in [1.29, 1.82) is 0 Å². The van der Waals surface area contributed by atoms with Crippen LogP contribution in [0, 0.1) is 5.82 Å². The van der Waals surface area contributed by atoms with Crippen molar-refractivity contribution in [1.82, 2.24) is 4.31 Å². The summed E-state index contributed by atoms with van der Waals surface area (Å²) in [5, 5.41) is 2.86. The molecule has 1 amide bonds. The van der Waals surface area contributed by atoms with Crippen LogP contribution < -0.4 is 5.32 Å². The molecule has 0 saturated carbocycles. The van der Waals surface area contributed by atoms with Gasteiger partial charge < -0.3 is 5.32 Å². The molecule has 1 saturated heterocycles. The zero-order valence-corrected chi connectivity index (χ0v) is 17.2. The van der Waals surface area contributed by atoms with Crippen LogP contribution in [0.2, 0.25) is 0 Å². The zero-order valence-electron chi connectivity index (χ0n) is 15.6. The fraction of sp³-hybridized carbons (Fsp3) is 0.350. The SMILES string of the molecule is CSc1cccc(NC(=O)C[C@@H]2CCCCN2S(=O)(=O)c2ccc(F)cc2)c1. The van der Waals surface area contributed by atoms with Crippen molar-refractivity contribution in [2.24, 2.45) is 0 Å². The van der Waals surface area contributed by atoms with E-state index in [2.05, 4.69) is 5.32 Å². The third-order valence-electron chi connectivity index (χ3n) is 4.77. The van der Waals surface area contributed by atoms with Crippen molar-refractivity contribution in [2.45, 2.75) is 41.5 Å². The van der Waals surface area contributed by atoms with Crippen LogP contribution in [0.5, 0.6) is 0 Å². The van der Waals surface area contributed by atoms with Gasteiger partial charge in [0.1, 0.15) is 5.82 Å². The van der Waals surface area contributed by atoms with Gasteiger partial charge in [-0.2, -0.15) is 4.31 Å². The predicted octanol–water partition coefficient (Wildman–Crippen LogP) is 4.12. The predicted molar refractivity (Wildman–Crippen MR) is 109 cm³/mol. The minimum atomic E-state index is -3.77. The number of piperidine rings is 1. The molecule has 1 heterocycles. The minimum Gasteiger partial charge on any atom is -0.326 e. The molecule has 150 valence electrons. The van der Waals surface area contributed by atoms with E-state index in [1.807, 2.05) is 30.5 Å². The second-order valence-electron chi connectivity index (χ2n) is 6.70. The van der Waals surface area contributed by atoms with Crippen LogP contribution in [0.1, 0.15) is 25.7 Å². The second-order valence-corrected chi connectivity index (χ2v) is 9.47. The number of anilines is 1. The van der Waals surface area contributed by atoms with Gasteiger partial charge in [0, 0.05) is 29.6 Å². The molecule has 1 N–H and O–H groups in total. The Labute approximate surface area is 169 Å². The normalized spacial score (nSPS) is 18.0. The Hall–Kier alpha value is -1.90. The Morgan fingerprint density at radius 3 is 2.68 bits per heavy atom. The molecule has 1 aliphatic heterocycles. The number of sulfonamides is 1. The van der Waals surface area contributed by atoms with Gasteiger partial charge in [0.2, 0.25) is 15.9 Å². The van der Waals surface area contributed by atoms with Crippen LogP contribution >= 0.6 is 11.8 Å². The molecule has 0 spiro atoms. The monoisotopic (exact) mass is 422 g/mol. The van der Waals surface area contributed by atoms with Crippen molar-refractivity contribution in [3.05, 3.63) is 54.3 Å². The maximum atomic E-state index is 13.2. The van der Waals surface area contributed by atoms with E-state index < -0.39 is 21.9 Å². The van der Waals surface area contributed by atoms with E-state index in [-0.39, 0.29) is 17.2 Å². The Morgan fingerprint density at radius 2 is 1.96 bits per heavy atom. The number of thioether (sulfide) groups is 1. The lowest BCUT2D eigenvalue weighted by Gasteiger charge is -2.34. The van der Waals surface area contributed by atoms with E-state index in [1.165, 1.54) is 16.4 Å². The van der Waals surface area contributed by atoms with E-state index in [0.717, 1.165) is 29.9 Å². The van der Waals surface area contributed by atoms with Gasteiger partial charge in [0.15, 0.2) is 0 Å². The lowest BCUT2D eigenvalue weighted by molar-refractivity contribution is -0.117. The van der Waals surface area contributed by atoms with Crippen molar-refractivity contribution >= 4 is 33.4 Å². The lowest BCUT2D eigenvalue weighted by Crippen LogP contribution is -2.45. The molecule has 2 aromatic rings. The molecule has 5 nitrogen and oxygen atoms in total. The standard InChI is InChI=1S/C20H23FN2O3S2/c1-27-18-7-4-5-16(13-18)22-20(24)14-17-6-2-3-12-23(17)28(25,26)19-10-8-15(21)9-11-19/h4-5,7-11,13,17H,2-3,6,12,14H2,1H3,(H,22,24)/t17-/m0/s1. The maximum absolute atomic E-state index is 13.2. The van der Waals surface area contributed by atoms with Gasteiger partial charge in [-0.05, 0) is 61.6 Å². The fourth-order valence-electron chi connectivity index (χ4n) is 3.36. The quantitative estimate of drug-likeness (QED) is 0.711. The van der Waals surface area contributed by atoms with Crippen LogP contribution in [0.25, 0.3) is 0 Å². The van der Waals surface area contributed by atoms with Gasteiger partial charge >= 0.3 is 0 Å². The van der Waals surface area contributed by atoms with Crippen LogP contribution in [0.3, 0.4) is 0 Å². The molecule has 1 fully saturated rings. The summed E-state index contributed by atoms with van der Waals surface area (Å²) >= 11 is 1.58. The van der Waals surface area contributed by atoms with E-state index in [0.29, 0.717) is 18.7 Å². The van der Waals surface area contributed by atoms with Crippen LogP contribution in [-0.2, 0) is 14.8 Å². The molecule has 1 atom stereocenters. The summed E-state index contributed by atoms with van der Waals surface area (Å²) in [6, 6.07) is 11.9. The first kappa shape index (κ1) is 20.8. The van der Waals surface area contributed by atoms with Gasteiger partial charge in [0.25, 0.3) is 0 Å². The summed E-state index contributed by atoms with van der Waals surface area (Å²) in [6.07, 6.45) is 4.29. The molecule has 0 radical (unpaired) electrons. The first-order valence-electron chi connectivity index (χ1n) is 9.11. The number of rotatable bonds is 6. The second kappa shape index (κ2) is 9.07. The summed E-state index contributed by atoms with van der Waals surface area (Å²) in [5.41, 5.74) is 0.695. The Morgan fingerprint density at radius 1 is 1.21 bits per heavy atom. The number of hydrogen-bond donors (Lipinski definition) is 1. The van der Waals surface area contributed by atoms with Crippen LogP contribution in [-0.4, -0.2) is 37.5 Å². The smallest absolute Gasteiger partial charge is 0.243 e. The summed E-state index contributed by atoms with van der Waals surface area (Å²) in [4.78, 5) is 13.6. The Kier molecular flexibility index (Phi) is 6.74. The number of carbonyl (C=O) groups excluding carboxylic acids is 1. The van der Waals surface area contributed by atoms with Crippen molar-refractivity contribution < 1.29 is 17.6 Å². The molecule has 8 heteroatoms. The number of benzene rings is 2. The molecule has 28 heavy (non-hydrogen) atoms. The molecular formula is C20H23FN2O3S2. The molecular weight excluding hydrogens is 399 g/mol. The summed E-state index contributed by atoms with van der Waals surface area (Å²) in [6.45, 7) is 0.361. The zero-order chi connectivity index (χ0) is 20.1. The van der Waals surface area contributed by atoms with Crippen LogP contribution in [0.4, 0.5) is 10.1 Å². The third-order valence-corrected chi connectivity index (χ3v) is 7.46. The highest BCUT2D eigenvalue weighted by Gasteiger charge is 2.34. The molecule has 2 aromatic carbocycles. The highest BCUT2D eigenvalue weighted by molar-refractivity contribution is 7.98. The van der Waals surface area contributed by atoms with Gasteiger partial charge in [-0.1, -0.05) is 12.5 Å². The highest BCUT2D eigenvalue weighted by Crippen LogP contribution is 2.28. The van der Waals surface area contributed by atoms with Gasteiger partial charge in [0.05, 0.1) is 4.90 Å². The fourth-order valence-corrected chi connectivity index (χ4v) is 5.52. The Balaban J connectivity index is 1.73. The van der Waals surface area contributed by atoms with E-state index in [1.54, 1.807) is 11.8 Å². The number of hydrogen-bond acceptors (Lipinski definition) is 4. The number of nitrogens with zero attached hydrogens (tertiary/aromatic N) is 1. The van der Waals surface area contributed by atoms with Crippen molar-refractivity contribution in [3.8, 4) is 0 Å². The molecule has 1 aliphatic rings. The molecule has 0 aliphatic carbocycles. The number of amides is 1. The summed E-state index contributed by atoms with van der Waals surface area (Å²) in [5.74, 6) is -0.703. The lowest BCUT2D eigenvalue weighted by atomic mass is 10.0. The molecule has 3 rings (SSSR count). The highest BCUT2D eigenvalue weighted by atomic mass is 32.2. The minimum absolute atomic E-state index is 0.0499. The maximum Gasteiger partial charge on any atom is 0.243 e. The van der Waals surface area contributed by atoms with E-state index in [9.17, 15) is 17.6 Å². The van der Waals surface area contributed by atoms with Crippen LogP contribution in [0.15, 0.2) is 58.3 Å². The van der Waals surface area contributed by atoms with Gasteiger partial charge in [-0.15, -0.1) is 11.8 Å². The largest absolute Gasteiger partial charge is 0.326 e. The van der Waals surface area contributed by atoms with E-state index >= 15 is 0 Å². The Bertz CT molecular complexity index is 933. The first-order chi connectivity index (χ1) is 13.4. The summed E-state index contributed by atoms with van der Waals surface area (Å²) in [7, 11) is -3.77. The number of halogens is 1.